The van der Waals surface area contributed by atoms with Gasteiger partial charge in [0.15, 0.2) is 0 Å². The first-order valence-corrected chi connectivity index (χ1v) is 4.85. The summed E-state index contributed by atoms with van der Waals surface area (Å²) in [5, 5.41) is 0. The minimum atomic E-state index is 0.219. The summed E-state index contributed by atoms with van der Waals surface area (Å²) in [5.41, 5.74) is 0.456. The van der Waals surface area contributed by atoms with E-state index >= 15 is 0 Å². The Kier molecular flexibility index (Phi) is 2.03. The van der Waals surface area contributed by atoms with Gasteiger partial charge in [-0.25, -0.2) is 0 Å². The van der Waals surface area contributed by atoms with Crippen LogP contribution in [0.2, 0.25) is 0 Å². The van der Waals surface area contributed by atoms with Crippen LogP contribution in [0.4, 0.5) is 0 Å². The maximum absolute atomic E-state index is 3.34. The molecule has 0 fully saturated rings. The topological polar surface area (TPSA) is 0 Å². The fourth-order valence-corrected chi connectivity index (χ4v) is 1.86. The second-order valence-corrected chi connectivity index (χ2v) is 5.11. The monoisotopic (exact) mass is 164 g/mol. The van der Waals surface area contributed by atoms with Crippen molar-refractivity contribution in [2.45, 2.75) is 41.5 Å². The van der Waals surface area contributed by atoms with Crippen LogP contribution in [0, 0.1) is 34.5 Å². The van der Waals surface area contributed by atoms with Gasteiger partial charge in [0.1, 0.15) is 0 Å². The first-order chi connectivity index (χ1) is 5.31. The second-order valence-electron chi connectivity index (χ2n) is 5.11. The highest BCUT2D eigenvalue weighted by atomic mass is 14.5. The molecule has 0 saturated carbocycles. The van der Waals surface area contributed by atoms with Gasteiger partial charge >= 0.3 is 0 Å². The molecule has 0 aromatic carbocycles. The summed E-state index contributed by atoms with van der Waals surface area (Å²) in [4.78, 5) is 0. The van der Waals surface area contributed by atoms with Gasteiger partial charge in [0, 0.05) is 10.8 Å². The van der Waals surface area contributed by atoms with Gasteiger partial charge in [-0.15, -0.1) is 0 Å². The Bertz CT molecular complexity index is 236. The number of hydrogen-bond acceptors (Lipinski definition) is 0. The molecule has 2 unspecified atom stereocenters. The summed E-state index contributed by atoms with van der Waals surface area (Å²) < 4.78 is 0. The van der Waals surface area contributed by atoms with Gasteiger partial charge in [0.2, 0.25) is 0 Å². The van der Waals surface area contributed by atoms with Crippen molar-refractivity contribution < 1.29 is 0 Å². The summed E-state index contributed by atoms with van der Waals surface area (Å²) in [6.45, 7) is 13.7. The van der Waals surface area contributed by atoms with E-state index in [9.17, 15) is 0 Å². The van der Waals surface area contributed by atoms with Crippen molar-refractivity contribution in [3.63, 3.8) is 0 Å². The molecule has 0 N–H and O–H groups in total. The normalized spacial score (nSPS) is 33.6. The maximum atomic E-state index is 3.34. The lowest BCUT2D eigenvalue weighted by Crippen LogP contribution is -2.45. The van der Waals surface area contributed by atoms with Crippen LogP contribution in [-0.4, -0.2) is 0 Å². The molecular formula is C12H20. The standard InChI is InChI=1S/C12H20/c1-9(2)10(3)12(6)8-7-11(12,4)5/h9-10H,1-6H3. The molecule has 0 amide bonds. The zero-order valence-electron chi connectivity index (χ0n) is 9.15. The zero-order valence-corrected chi connectivity index (χ0v) is 9.15. The molecule has 0 radical (unpaired) electrons. The van der Waals surface area contributed by atoms with Crippen LogP contribution in [0.25, 0.3) is 0 Å². The van der Waals surface area contributed by atoms with E-state index in [-0.39, 0.29) is 10.8 Å². The average molecular weight is 164 g/mol. The predicted molar refractivity (Wildman–Crippen MR) is 53.7 cm³/mol. The zero-order chi connectivity index (χ0) is 9.57. The molecule has 1 aliphatic rings. The Morgan fingerprint density at radius 2 is 1.42 bits per heavy atom. The Hall–Kier alpha value is -0.440. The van der Waals surface area contributed by atoms with Crippen molar-refractivity contribution in [2.75, 3.05) is 0 Å². The highest BCUT2D eigenvalue weighted by Gasteiger charge is 2.48. The Morgan fingerprint density at radius 3 is 1.50 bits per heavy atom. The van der Waals surface area contributed by atoms with Crippen molar-refractivity contribution in [1.29, 1.82) is 0 Å². The van der Waals surface area contributed by atoms with Gasteiger partial charge in [-0.1, -0.05) is 32.6 Å². The molecule has 1 rings (SSSR count). The van der Waals surface area contributed by atoms with E-state index in [1.54, 1.807) is 0 Å². The van der Waals surface area contributed by atoms with E-state index in [1.807, 2.05) is 0 Å². The smallest absolute Gasteiger partial charge is 0.0474 e. The fourth-order valence-electron chi connectivity index (χ4n) is 1.86. The molecule has 0 aliphatic heterocycles. The van der Waals surface area contributed by atoms with E-state index in [0.717, 1.165) is 5.92 Å². The maximum Gasteiger partial charge on any atom is 0.0474 e. The van der Waals surface area contributed by atoms with Crippen molar-refractivity contribution in [1.82, 2.24) is 0 Å². The first kappa shape index (κ1) is 9.65. The van der Waals surface area contributed by atoms with Gasteiger partial charge in [-0.05, 0) is 32.6 Å². The lowest BCUT2D eigenvalue weighted by atomic mass is 9.53. The van der Waals surface area contributed by atoms with Crippen LogP contribution in [0.5, 0.6) is 0 Å². The highest BCUT2D eigenvalue weighted by Crippen LogP contribution is 2.51. The van der Waals surface area contributed by atoms with E-state index in [1.165, 1.54) is 0 Å². The SMILES string of the molecule is CC(C)C(C)C1(C)C#CC1(C)C. The van der Waals surface area contributed by atoms with Crippen LogP contribution >= 0.6 is 0 Å². The molecule has 0 saturated heterocycles. The first-order valence-electron chi connectivity index (χ1n) is 4.85. The highest BCUT2D eigenvalue weighted by molar-refractivity contribution is 5.35. The molecule has 68 valence electrons. The lowest BCUT2D eigenvalue weighted by Gasteiger charge is -2.48. The van der Waals surface area contributed by atoms with E-state index in [4.69, 9.17) is 0 Å². The van der Waals surface area contributed by atoms with Crippen LogP contribution in [0.15, 0.2) is 0 Å². The lowest BCUT2D eigenvalue weighted by molar-refractivity contribution is 0.0914. The summed E-state index contributed by atoms with van der Waals surface area (Å²) in [5.74, 6) is 8.02. The summed E-state index contributed by atoms with van der Waals surface area (Å²) in [6.07, 6.45) is 0. The largest absolute Gasteiger partial charge is 0.0948 e. The van der Waals surface area contributed by atoms with Crippen molar-refractivity contribution >= 4 is 0 Å². The Morgan fingerprint density at radius 1 is 0.917 bits per heavy atom. The van der Waals surface area contributed by atoms with Gasteiger partial charge in [-0.3, -0.25) is 0 Å². The van der Waals surface area contributed by atoms with Gasteiger partial charge in [-0.2, -0.15) is 0 Å². The third-order valence-electron chi connectivity index (χ3n) is 3.84. The molecule has 0 heterocycles. The molecule has 0 aromatic rings. The number of hydrogen-bond donors (Lipinski definition) is 0. The predicted octanol–water partition coefficient (Wildman–Crippen LogP) is 3.33. The van der Waals surface area contributed by atoms with Crippen molar-refractivity contribution in [3.05, 3.63) is 0 Å². The molecule has 12 heavy (non-hydrogen) atoms. The van der Waals surface area contributed by atoms with Crippen LogP contribution in [-0.2, 0) is 0 Å². The minimum absolute atomic E-state index is 0.219. The number of rotatable bonds is 2. The van der Waals surface area contributed by atoms with Crippen molar-refractivity contribution in [3.8, 4) is 11.8 Å². The summed E-state index contributed by atoms with van der Waals surface area (Å²) in [7, 11) is 0. The fraction of sp³-hybridized carbons (Fsp3) is 0.833. The Balaban J connectivity index is 2.86. The van der Waals surface area contributed by atoms with E-state index in [2.05, 4.69) is 53.4 Å². The molecule has 0 spiro atoms. The molecule has 1 aliphatic carbocycles. The van der Waals surface area contributed by atoms with Crippen LogP contribution < -0.4 is 0 Å². The Labute approximate surface area is 76.7 Å². The molecule has 0 heteroatoms. The summed E-state index contributed by atoms with van der Waals surface area (Å²) >= 11 is 0. The van der Waals surface area contributed by atoms with Gasteiger partial charge < -0.3 is 0 Å². The minimum Gasteiger partial charge on any atom is -0.0948 e. The van der Waals surface area contributed by atoms with Crippen molar-refractivity contribution in [2.24, 2.45) is 22.7 Å². The molecule has 2 atom stereocenters. The third kappa shape index (κ3) is 1.07. The second kappa shape index (κ2) is 2.52. The molecular weight excluding hydrogens is 144 g/mol. The average Bonchev–Trinajstić information content (AvgIpc) is 1.99. The van der Waals surface area contributed by atoms with Crippen LogP contribution in [0.1, 0.15) is 41.5 Å². The summed E-state index contributed by atoms with van der Waals surface area (Å²) in [6, 6.07) is 0. The van der Waals surface area contributed by atoms with Gasteiger partial charge in [0.25, 0.3) is 0 Å². The molecule has 0 nitrogen and oxygen atoms in total. The van der Waals surface area contributed by atoms with Crippen LogP contribution in [0.3, 0.4) is 0 Å². The quantitative estimate of drug-likeness (QED) is 0.549. The molecule has 0 bridgehead atoms. The molecule has 0 aromatic heterocycles. The van der Waals surface area contributed by atoms with E-state index in [0.29, 0.717) is 5.92 Å². The third-order valence-corrected chi connectivity index (χ3v) is 3.84. The van der Waals surface area contributed by atoms with E-state index < -0.39 is 0 Å². The van der Waals surface area contributed by atoms with Gasteiger partial charge in [0.05, 0.1) is 0 Å².